The van der Waals surface area contributed by atoms with Crippen LogP contribution in [0.5, 0.6) is 0 Å². The predicted molar refractivity (Wildman–Crippen MR) is 63.7 cm³/mol. The summed E-state index contributed by atoms with van der Waals surface area (Å²) in [5.74, 6) is -0.160. The van der Waals surface area contributed by atoms with Gasteiger partial charge >= 0.3 is 0 Å². The number of nitriles is 1. The average Bonchev–Trinajstić information content (AvgIpc) is 2.82. The van der Waals surface area contributed by atoms with Crippen LogP contribution in [0.3, 0.4) is 0 Å². The topological polar surface area (TPSA) is 62.1 Å². The number of carbonyl (C=O) groups is 1. The Balaban J connectivity index is 2.06. The second kappa shape index (κ2) is 5.17. The van der Waals surface area contributed by atoms with Crippen LogP contribution in [-0.2, 0) is 9.53 Å². The lowest BCUT2D eigenvalue weighted by molar-refractivity contribution is -0.119. The summed E-state index contributed by atoms with van der Waals surface area (Å²) in [5.41, 5.74) is 1.000. The summed E-state index contributed by atoms with van der Waals surface area (Å²) in [7, 11) is 0. The van der Waals surface area contributed by atoms with Crippen molar-refractivity contribution in [1.29, 1.82) is 5.26 Å². The van der Waals surface area contributed by atoms with Gasteiger partial charge in [0.2, 0.25) is 5.91 Å². The molecule has 1 aliphatic heterocycles. The Morgan fingerprint density at radius 1 is 1.59 bits per heavy atom. The summed E-state index contributed by atoms with van der Waals surface area (Å²) in [5, 5.41) is 11.8. The fourth-order valence-corrected chi connectivity index (χ4v) is 1.89. The highest BCUT2D eigenvalue weighted by atomic mass is 35.5. The Hall–Kier alpha value is -1.57. The van der Waals surface area contributed by atoms with Gasteiger partial charge in [-0.3, -0.25) is 4.79 Å². The number of hydrogen-bond acceptors (Lipinski definition) is 3. The maximum atomic E-state index is 11.8. The smallest absolute Gasteiger partial charge is 0.229 e. The molecule has 17 heavy (non-hydrogen) atoms. The maximum absolute atomic E-state index is 11.8. The molecule has 1 saturated heterocycles. The number of benzene rings is 1. The van der Waals surface area contributed by atoms with E-state index in [1.54, 1.807) is 18.2 Å². The molecule has 0 aromatic heterocycles. The van der Waals surface area contributed by atoms with E-state index in [1.165, 1.54) is 0 Å². The van der Waals surface area contributed by atoms with Crippen molar-refractivity contribution >= 4 is 23.2 Å². The van der Waals surface area contributed by atoms with Crippen LogP contribution in [0.4, 0.5) is 5.69 Å². The largest absolute Gasteiger partial charge is 0.381 e. The molecule has 0 spiro atoms. The van der Waals surface area contributed by atoms with Gasteiger partial charge in [-0.2, -0.15) is 5.26 Å². The third-order valence-corrected chi connectivity index (χ3v) is 2.97. The molecule has 1 heterocycles. The number of ether oxygens (including phenoxy) is 1. The Morgan fingerprint density at radius 2 is 2.41 bits per heavy atom. The van der Waals surface area contributed by atoms with Crippen molar-refractivity contribution in [3.8, 4) is 6.07 Å². The van der Waals surface area contributed by atoms with E-state index in [-0.39, 0.29) is 11.8 Å². The predicted octanol–water partition coefficient (Wildman–Crippen LogP) is 2.19. The number of nitrogens with one attached hydrogen (secondary N) is 1. The van der Waals surface area contributed by atoms with Gasteiger partial charge < -0.3 is 10.1 Å². The van der Waals surface area contributed by atoms with Crippen LogP contribution in [0.2, 0.25) is 5.02 Å². The fourth-order valence-electron chi connectivity index (χ4n) is 1.67. The van der Waals surface area contributed by atoms with Gasteiger partial charge in [-0.25, -0.2) is 0 Å². The molecule has 1 N–H and O–H groups in total. The van der Waals surface area contributed by atoms with E-state index >= 15 is 0 Å². The van der Waals surface area contributed by atoms with E-state index in [0.29, 0.717) is 29.5 Å². The summed E-state index contributed by atoms with van der Waals surface area (Å²) in [4.78, 5) is 11.8. The number of amides is 1. The quantitative estimate of drug-likeness (QED) is 0.875. The van der Waals surface area contributed by atoms with E-state index < -0.39 is 0 Å². The number of anilines is 1. The van der Waals surface area contributed by atoms with E-state index in [4.69, 9.17) is 21.6 Å². The zero-order valence-corrected chi connectivity index (χ0v) is 9.83. The third kappa shape index (κ3) is 2.76. The van der Waals surface area contributed by atoms with Gasteiger partial charge in [0.15, 0.2) is 0 Å². The van der Waals surface area contributed by atoms with Crippen LogP contribution >= 0.6 is 11.6 Å². The molecule has 1 fully saturated rings. The maximum Gasteiger partial charge on any atom is 0.229 e. The normalized spacial score (nSPS) is 18.7. The zero-order valence-electron chi connectivity index (χ0n) is 9.07. The van der Waals surface area contributed by atoms with Crippen LogP contribution in [0.15, 0.2) is 18.2 Å². The number of carbonyl (C=O) groups excluding carboxylic acids is 1. The fraction of sp³-hybridized carbons (Fsp3) is 0.333. The Kier molecular flexibility index (Phi) is 3.62. The molecule has 0 saturated carbocycles. The van der Waals surface area contributed by atoms with E-state index in [2.05, 4.69) is 5.32 Å². The molecule has 1 amide bonds. The van der Waals surface area contributed by atoms with Crippen LogP contribution in [0.25, 0.3) is 0 Å². The van der Waals surface area contributed by atoms with E-state index in [1.807, 2.05) is 6.07 Å². The zero-order chi connectivity index (χ0) is 12.3. The van der Waals surface area contributed by atoms with Crippen molar-refractivity contribution in [1.82, 2.24) is 0 Å². The first-order valence-corrected chi connectivity index (χ1v) is 5.67. The van der Waals surface area contributed by atoms with Gasteiger partial charge in [0.25, 0.3) is 0 Å². The lowest BCUT2D eigenvalue weighted by atomic mass is 10.1. The third-order valence-electron chi connectivity index (χ3n) is 2.66. The molecular formula is C12H11ClN2O2. The molecule has 1 aromatic carbocycles. The lowest BCUT2D eigenvalue weighted by Gasteiger charge is -2.09. The molecule has 0 bridgehead atoms. The van der Waals surface area contributed by atoms with Gasteiger partial charge in [0.1, 0.15) is 6.07 Å². The van der Waals surface area contributed by atoms with E-state index in [9.17, 15) is 4.79 Å². The van der Waals surface area contributed by atoms with Gasteiger partial charge in [-0.15, -0.1) is 0 Å². The minimum atomic E-state index is -0.0931. The van der Waals surface area contributed by atoms with Crippen molar-refractivity contribution in [2.75, 3.05) is 18.5 Å². The van der Waals surface area contributed by atoms with Crippen molar-refractivity contribution < 1.29 is 9.53 Å². The van der Waals surface area contributed by atoms with Gasteiger partial charge in [0.05, 0.1) is 23.1 Å². The monoisotopic (exact) mass is 250 g/mol. The minimum Gasteiger partial charge on any atom is -0.381 e. The van der Waals surface area contributed by atoms with Crippen LogP contribution < -0.4 is 5.32 Å². The molecule has 1 aliphatic rings. The SMILES string of the molecule is N#Cc1ccc(NC(=O)C2CCOC2)cc1Cl. The molecule has 5 heteroatoms. The molecule has 1 atom stereocenters. The second-order valence-electron chi connectivity index (χ2n) is 3.86. The average molecular weight is 251 g/mol. The number of nitrogens with zero attached hydrogens (tertiary/aromatic N) is 1. The van der Waals surface area contributed by atoms with E-state index in [0.717, 1.165) is 6.42 Å². The number of hydrogen-bond donors (Lipinski definition) is 1. The van der Waals surface area contributed by atoms with Gasteiger partial charge in [0, 0.05) is 12.3 Å². The second-order valence-corrected chi connectivity index (χ2v) is 4.26. The molecular weight excluding hydrogens is 240 g/mol. The Labute approximate surface area is 104 Å². The van der Waals surface area contributed by atoms with Crippen molar-refractivity contribution in [2.24, 2.45) is 5.92 Å². The molecule has 0 aliphatic carbocycles. The van der Waals surface area contributed by atoms with Crippen molar-refractivity contribution in [3.63, 3.8) is 0 Å². The van der Waals surface area contributed by atoms with Crippen LogP contribution in [0.1, 0.15) is 12.0 Å². The van der Waals surface area contributed by atoms with Crippen molar-refractivity contribution in [3.05, 3.63) is 28.8 Å². The van der Waals surface area contributed by atoms with Gasteiger partial charge in [-0.1, -0.05) is 11.6 Å². The number of halogens is 1. The lowest BCUT2D eigenvalue weighted by Crippen LogP contribution is -2.22. The summed E-state index contributed by atoms with van der Waals surface area (Å²) in [6, 6.07) is 6.79. The first kappa shape index (κ1) is 11.9. The molecule has 1 aromatic rings. The molecule has 0 radical (unpaired) electrons. The summed E-state index contributed by atoms with van der Waals surface area (Å²) < 4.78 is 5.15. The summed E-state index contributed by atoms with van der Waals surface area (Å²) >= 11 is 5.87. The van der Waals surface area contributed by atoms with Crippen LogP contribution in [-0.4, -0.2) is 19.1 Å². The highest BCUT2D eigenvalue weighted by Crippen LogP contribution is 2.21. The van der Waals surface area contributed by atoms with Crippen LogP contribution in [0, 0.1) is 17.2 Å². The summed E-state index contributed by atoms with van der Waals surface area (Å²) in [6.07, 6.45) is 0.746. The highest BCUT2D eigenvalue weighted by Gasteiger charge is 2.23. The molecule has 88 valence electrons. The molecule has 2 rings (SSSR count). The Bertz CT molecular complexity index is 476. The van der Waals surface area contributed by atoms with Crippen molar-refractivity contribution in [2.45, 2.75) is 6.42 Å². The molecule has 4 nitrogen and oxygen atoms in total. The number of rotatable bonds is 2. The first-order chi connectivity index (χ1) is 8.20. The Morgan fingerprint density at radius 3 is 3.00 bits per heavy atom. The first-order valence-electron chi connectivity index (χ1n) is 5.29. The van der Waals surface area contributed by atoms with Gasteiger partial charge in [-0.05, 0) is 24.6 Å². The molecule has 1 unspecified atom stereocenters. The summed E-state index contributed by atoms with van der Waals surface area (Å²) in [6.45, 7) is 1.10. The minimum absolute atomic E-state index is 0.0664. The highest BCUT2D eigenvalue weighted by molar-refractivity contribution is 6.32. The standard InChI is InChI=1S/C12H11ClN2O2/c13-11-5-10(2-1-8(11)6-14)15-12(16)9-3-4-17-7-9/h1-2,5,9H,3-4,7H2,(H,15,16).